The topological polar surface area (TPSA) is 42.2 Å². The second-order valence-electron chi connectivity index (χ2n) is 4.10. The summed E-state index contributed by atoms with van der Waals surface area (Å²) >= 11 is 0. The number of fused-ring (bicyclic) bond motifs is 1. The summed E-state index contributed by atoms with van der Waals surface area (Å²) in [4.78, 5) is 4.38. The van der Waals surface area contributed by atoms with Gasteiger partial charge in [0.25, 0.3) is 0 Å². The van der Waals surface area contributed by atoms with Crippen LogP contribution in [0.3, 0.4) is 0 Å². The first-order valence-electron chi connectivity index (χ1n) is 6.01. The minimum atomic E-state index is 0.678. The van der Waals surface area contributed by atoms with Crippen LogP contribution in [0.1, 0.15) is 5.56 Å². The van der Waals surface area contributed by atoms with E-state index in [0.717, 1.165) is 18.6 Å². The number of nitrogens with zero attached hydrogens (tertiary/aromatic N) is 3. The maximum Gasteiger partial charge on any atom is 0.243 e. The third kappa shape index (κ3) is 2.32. The summed E-state index contributed by atoms with van der Waals surface area (Å²) in [6.45, 7) is 0.834. The van der Waals surface area contributed by atoms with E-state index in [0.29, 0.717) is 5.95 Å². The average Bonchev–Trinajstić information content (AvgIpc) is 2.82. The zero-order valence-corrected chi connectivity index (χ0v) is 9.95. The zero-order valence-electron chi connectivity index (χ0n) is 9.95. The summed E-state index contributed by atoms with van der Waals surface area (Å²) in [6, 6.07) is 16.2. The van der Waals surface area contributed by atoms with Crippen LogP contribution in [-0.2, 0) is 6.42 Å². The molecule has 3 rings (SSSR count). The summed E-state index contributed by atoms with van der Waals surface area (Å²) in [7, 11) is 0. The van der Waals surface area contributed by atoms with Crippen LogP contribution in [-0.4, -0.2) is 21.1 Å². The number of rotatable bonds is 4. The quantitative estimate of drug-likeness (QED) is 0.758. The highest BCUT2D eigenvalue weighted by molar-refractivity contribution is 5.42. The van der Waals surface area contributed by atoms with E-state index in [9.17, 15) is 0 Å². The van der Waals surface area contributed by atoms with Crippen molar-refractivity contribution in [3.05, 3.63) is 60.3 Å². The standard InChI is InChI=1S/C14H14N4/c1-2-6-12(7-3-1)9-10-15-14-16-13-8-4-5-11-18(13)17-14/h1-8,11H,9-10H2,(H,15,17). The molecule has 0 fully saturated rings. The summed E-state index contributed by atoms with van der Waals surface area (Å²) in [6.07, 6.45) is 2.86. The number of anilines is 1. The van der Waals surface area contributed by atoms with Gasteiger partial charge in [-0.15, -0.1) is 5.10 Å². The Morgan fingerprint density at radius 2 is 1.83 bits per heavy atom. The Labute approximate surface area is 105 Å². The number of aromatic nitrogens is 3. The lowest BCUT2D eigenvalue weighted by atomic mass is 10.1. The second-order valence-corrected chi connectivity index (χ2v) is 4.10. The number of pyridine rings is 1. The molecule has 0 aliphatic carbocycles. The minimum Gasteiger partial charge on any atom is -0.353 e. The zero-order chi connectivity index (χ0) is 12.2. The molecule has 3 aromatic rings. The molecule has 0 unspecified atom stereocenters. The largest absolute Gasteiger partial charge is 0.353 e. The van der Waals surface area contributed by atoms with E-state index in [1.54, 1.807) is 4.52 Å². The normalized spacial score (nSPS) is 10.7. The van der Waals surface area contributed by atoms with E-state index < -0.39 is 0 Å². The summed E-state index contributed by atoms with van der Waals surface area (Å²) in [5.74, 6) is 0.678. The van der Waals surface area contributed by atoms with Gasteiger partial charge in [0.1, 0.15) is 0 Å². The van der Waals surface area contributed by atoms with Crippen molar-refractivity contribution in [1.29, 1.82) is 0 Å². The predicted molar refractivity (Wildman–Crippen MR) is 71.6 cm³/mol. The molecule has 1 aromatic carbocycles. The molecule has 2 heterocycles. The fourth-order valence-electron chi connectivity index (χ4n) is 1.87. The molecule has 0 saturated heterocycles. The van der Waals surface area contributed by atoms with Gasteiger partial charge < -0.3 is 5.32 Å². The molecule has 0 bridgehead atoms. The molecule has 0 aliphatic heterocycles. The summed E-state index contributed by atoms with van der Waals surface area (Å²) in [5, 5.41) is 7.58. The van der Waals surface area contributed by atoms with E-state index in [2.05, 4.69) is 39.7 Å². The van der Waals surface area contributed by atoms with Crippen LogP contribution in [0, 0.1) is 0 Å². The van der Waals surface area contributed by atoms with Crippen LogP contribution in [0.5, 0.6) is 0 Å². The van der Waals surface area contributed by atoms with Gasteiger partial charge in [0.15, 0.2) is 5.65 Å². The molecule has 0 spiro atoms. The molecule has 2 aromatic heterocycles. The van der Waals surface area contributed by atoms with Gasteiger partial charge in [-0.2, -0.15) is 4.98 Å². The number of hydrogen-bond acceptors (Lipinski definition) is 3. The predicted octanol–water partition coefficient (Wildman–Crippen LogP) is 2.38. The van der Waals surface area contributed by atoms with Crippen molar-refractivity contribution >= 4 is 11.6 Å². The van der Waals surface area contributed by atoms with Crippen molar-refractivity contribution in [2.45, 2.75) is 6.42 Å². The fourth-order valence-corrected chi connectivity index (χ4v) is 1.87. The van der Waals surface area contributed by atoms with Crippen LogP contribution in [0.4, 0.5) is 5.95 Å². The molecule has 4 heteroatoms. The summed E-state index contributed by atoms with van der Waals surface area (Å²) in [5.41, 5.74) is 2.17. The van der Waals surface area contributed by atoms with Crippen molar-refractivity contribution in [3.8, 4) is 0 Å². The highest BCUT2D eigenvalue weighted by atomic mass is 15.3. The van der Waals surface area contributed by atoms with Gasteiger partial charge >= 0.3 is 0 Å². The smallest absolute Gasteiger partial charge is 0.243 e. The highest BCUT2D eigenvalue weighted by Crippen LogP contribution is 2.05. The van der Waals surface area contributed by atoms with Gasteiger partial charge in [-0.1, -0.05) is 36.4 Å². The van der Waals surface area contributed by atoms with Crippen LogP contribution in [0.2, 0.25) is 0 Å². The summed E-state index contributed by atoms with van der Waals surface area (Å²) < 4.78 is 1.77. The third-order valence-electron chi connectivity index (χ3n) is 2.78. The van der Waals surface area contributed by atoms with Gasteiger partial charge in [-0.05, 0) is 24.1 Å². The lowest BCUT2D eigenvalue weighted by Gasteiger charge is -2.01. The van der Waals surface area contributed by atoms with E-state index in [1.165, 1.54) is 5.56 Å². The molecular weight excluding hydrogens is 224 g/mol. The van der Waals surface area contributed by atoms with Crippen LogP contribution in [0.15, 0.2) is 54.7 Å². The first-order chi connectivity index (χ1) is 8.92. The molecule has 18 heavy (non-hydrogen) atoms. The molecular formula is C14H14N4. The first-order valence-corrected chi connectivity index (χ1v) is 6.01. The third-order valence-corrected chi connectivity index (χ3v) is 2.78. The number of nitrogens with one attached hydrogen (secondary N) is 1. The number of hydrogen-bond donors (Lipinski definition) is 1. The van der Waals surface area contributed by atoms with E-state index in [4.69, 9.17) is 0 Å². The lowest BCUT2D eigenvalue weighted by molar-refractivity contribution is 0.937. The second kappa shape index (κ2) is 4.87. The van der Waals surface area contributed by atoms with Crippen LogP contribution in [0.25, 0.3) is 5.65 Å². The Morgan fingerprint density at radius 1 is 1.00 bits per heavy atom. The Hall–Kier alpha value is -2.36. The fraction of sp³-hybridized carbons (Fsp3) is 0.143. The Bertz CT molecular complexity index is 597. The average molecular weight is 238 g/mol. The Balaban J connectivity index is 1.63. The monoisotopic (exact) mass is 238 g/mol. The maximum atomic E-state index is 4.38. The Kier molecular flexibility index (Phi) is 2.92. The van der Waals surface area contributed by atoms with Gasteiger partial charge in [0, 0.05) is 12.7 Å². The Morgan fingerprint density at radius 3 is 2.67 bits per heavy atom. The van der Waals surface area contributed by atoms with Gasteiger partial charge in [0.05, 0.1) is 0 Å². The van der Waals surface area contributed by atoms with Crippen molar-refractivity contribution in [1.82, 2.24) is 14.6 Å². The van der Waals surface area contributed by atoms with Crippen molar-refractivity contribution in [2.75, 3.05) is 11.9 Å². The highest BCUT2D eigenvalue weighted by Gasteiger charge is 2.01. The van der Waals surface area contributed by atoms with Gasteiger partial charge in [0.2, 0.25) is 5.95 Å². The van der Waals surface area contributed by atoms with E-state index in [-0.39, 0.29) is 0 Å². The minimum absolute atomic E-state index is 0.678. The molecule has 1 N–H and O–H groups in total. The SMILES string of the molecule is c1ccc(CCNc2nc3ccccn3n2)cc1. The van der Waals surface area contributed by atoms with Crippen LogP contribution >= 0.6 is 0 Å². The van der Waals surface area contributed by atoms with Gasteiger partial charge in [-0.25, -0.2) is 4.52 Å². The molecule has 4 nitrogen and oxygen atoms in total. The number of benzene rings is 1. The molecule has 0 saturated carbocycles. The molecule has 90 valence electrons. The van der Waals surface area contributed by atoms with E-state index >= 15 is 0 Å². The van der Waals surface area contributed by atoms with Crippen molar-refractivity contribution in [2.24, 2.45) is 0 Å². The molecule has 0 atom stereocenters. The molecule has 0 aliphatic rings. The molecule has 0 amide bonds. The lowest BCUT2D eigenvalue weighted by Crippen LogP contribution is -2.06. The van der Waals surface area contributed by atoms with Crippen molar-refractivity contribution < 1.29 is 0 Å². The van der Waals surface area contributed by atoms with Gasteiger partial charge in [-0.3, -0.25) is 0 Å². The van der Waals surface area contributed by atoms with Crippen LogP contribution < -0.4 is 5.32 Å². The first kappa shape index (κ1) is 10.8. The molecule has 0 radical (unpaired) electrons. The van der Waals surface area contributed by atoms with Crippen molar-refractivity contribution in [3.63, 3.8) is 0 Å². The maximum absolute atomic E-state index is 4.38. The van der Waals surface area contributed by atoms with E-state index in [1.807, 2.05) is 30.5 Å².